The molecular weight excluding hydrogens is 356 g/mol. The maximum absolute atomic E-state index is 6.42. The number of fused-ring (bicyclic) bond motifs is 4. The van der Waals surface area contributed by atoms with E-state index in [0.717, 1.165) is 23.4 Å². The molecule has 0 aliphatic carbocycles. The zero-order valence-electron chi connectivity index (χ0n) is 15.9. The van der Waals surface area contributed by atoms with Gasteiger partial charge in [0.05, 0.1) is 11.8 Å². The zero-order valence-corrected chi connectivity index (χ0v) is 15.9. The lowest BCUT2D eigenvalue weighted by molar-refractivity contribution is -0.0190. The average molecular weight is 376 g/mol. The fourth-order valence-corrected chi connectivity index (χ4v) is 4.51. The Morgan fingerprint density at radius 3 is 2.45 bits per heavy atom. The number of hydrazone groups is 1. The smallest absolute Gasteiger partial charge is 0.213 e. The molecule has 0 aromatic heterocycles. The third-order valence-corrected chi connectivity index (χ3v) is 5.88. The van der Waals surface area contributed by atoms with Crippen molar-refractivity contribution in [1.82, 2.24) is 5.01 Å². The van der Waals surface area contributed by atoms with Crippen molar-refractivity contribution in [3.63, 3.8) is 0 Å². The van der Waals surface area contributed by atoms with E-state index >= 15 is 0 Å². The highest BCUT2D eigenvalue weighted by Crippen LogP contribution is 2.47. The molecule has 0 saturated carbocycles. The summed E-state index contributed by atoms with van der Waals surface area (Å²) < 4.78 is 6.42. The SMILES string of the molecule is c1ccc([C@H]2Oc3ccccc3[C@H]3CC(c4cccc5ccccc45)=NN32)cc1. The van der Waals surface area contributed by atoms with Crippen LogP contribution in [0.1, 0.15) is 35.4 Å². The Labute approximate surface area is 169 Å². The summed E-state index contributed by atoms with van der Waals surface area (Å²) in [6.45, 7) is 0. The van der Waals surface area contributed by atoms with Crippen molar-refractivity contribution in [3.05, 3.63) is 114 Å². The number of para-hydroxylation sites is 1. The molecular formula is C26H20N2O. The van der Waals surface area contributed by atoms with Crippen LogP contribution < -0.4 is 4.74 Å². The molecule has 3 heteroatoms. The van der Waals surface area contributed by atoms with Gasteiger partial charge < -0.3 is 4.74 Å². The van der Waals surface area contributed by atoms with Crippen LogP contribution in [0.5, 0.6) is 5.75 Å². The molecule has 0 radical (unpaired) electrons. The number of benzene rings is 4. The average Bonchev–Trinajstić information content (AvgIpc) is 3.24. The fourth-order valence-electron chi connectivity index (χ4n) is 4.51. The van der Waals surface area contributed by atoms with Crippen LogP contribution in [0.15, 0.2) is 102 Å². The van der Waals surface area contributed by atoms with Crippen molar-refractivity contribution in [3.8, 4) is 5.75 Å². The van der Waals surface area contributed by atoms with Gasteiger partial charge in [0.2, 0.25) is 6.23 Å². The van der Waals surface area contributed by atoms with Gasteiger partial charge in [-0.1, -0.05) is 91.0 Å². The highest BCUT2D eigenvalue weighted by molar-refractivity contribution is 6.11. The van der Waals surface area contributed by atoms with Gasteiger partial charge in [-0.2, -0.15) is 5.10 Å². The molecule has 0 saturated heterocycles. The van der Waals surface area contributed by atoms with Gasteiger partial charge in [-0.3, -0.25) is 0 Å². The second kappa shape index (κ2) is 6.49. The summed E-state index contributed by atoms with van der Waals surface area (Å²) in [5, 5.41) is 9.75. The Bertz CT molecular complexity index is 1230. The fraction of sp³-hybridized carbons (Fsp3) is 0.115. The van der Waals surface area contributed by atoms with E-state index in [2.05, 4.69) is 89.9 Å². The van der Waals surface area contributed by atoms with Gasteiger partial charge in [0.15, 0.2) is 0 Å². The van der Waals surface area contributed by atoms with Crippen molar-refractivity contribution in [2.24, 2.45) is 5.10 Å². The molecule has 4 aromatic rings. The summed E-state index contributed by atoms with van der Waals surface area (Å²) in [6, 6.07) is 33.9. The van der Waals surface area contributed by atoms with Gasteiger partial charge in [-0.05, 0) is 16.8 Å². The summed E-state index contributed by atoms with van der Waals surface area (Å²) >= 11 is 0. The minimum Gasteiger partial charge on any atom is -0.464 e. The van der Waals surface area contributed by atoms with Crippen molar-refractivity contribution in [1.29, 1.82) is 0 Å². The maximum Gasteiger partial charge on any atom is 0.213 e. The van der Waals surface area contributed by atoms with Gasteiger partial charge in [0.1, 0.15) is 5.75 Å². The van der Waals surface area contributed by atoms with E-state index in [9.17, 15) is 0 Å². The second-order valence-corrected chi connectivity index (χ2v) is 7.59. The largest absolute Gasteiger partial charge is 0.464 e. The molecule has 2 aliphatic heterocycles. The molecule has 3 nitrogen and oxygen atoms in total. The van der Waals surface area contributed by atoms with Crippen molar-refractivity contribution in [2.45, 2.75) is 18.7 Å². The molecule has 0 spiro atoms. The second-order valence-electron chi connectivity index (χ2n) is 7.59. The Morgan fingerprint density at radius 1 is 0.759 bits per heavy atom. The van der Waals surface area contributed by atoms with E-state index in [1.807, 2.05) is 12.1 Å². The number of hydrogen-bond acceptors (Lipinski definition) is 3. The van der Waals surface area contributed by atoms with Crippen LogP contribution in [-0.4, -0.2) is 10.7 Å². The number of hydrogen-bond donors (Lipinski definition) is 0. The first-order valence-corrected chi connectivity index (χ1v) is 10.0. The highest BCUT2D eigenvalue weighted by Gasteiger charge is 2.40. The Hall–Kier alpha value is -3.59. The maximum atomic E-state index is 6.42. The molecule has 29 heavy (non-hydrogen) atoms. The molecule has 0 N–H and O–H groups in total. The molecule has 2 heterocycles. The normalized spacial score (nSPS) is 20.0. The molecule has 0 unspecified atom stereocenters. The van der Waals surface area contributed by atoms with Crippen LogP contribution in [0.2, 0.25) is 0 Å². The molecule has 0 bridgehead atoms. The van der Waals surface area contributed by atoms with Gasteiger partial charge in [0, 0.05) is 23.1 Å². The van der Waals surface area contributed by atoms with E-state index < -0.39 is 0 Å². The van der Waals surface area contributed by atoms with Crippen LogP contribution >= 0.6 is 0 Å². The molecule has 4 aromatic carbocycles. The lowest BCUT2D eigenvalue weighted by Crippen LogP contribution is -2.33. The first-order chi connectivity index (χ1) is 14.4. The van der Waals surface area contributed by atoms with E-state index in [0.29, 0.717) is 0 Å². The van der Waals surface area contributed by atoms with Crippen molar-refractivity contribution < 1.29 is 4.74 Å². The van der Waals surface area contributed by atoms with Crippen LogP contribution in [-0.2, 0) is 0 Å². The Balaban J connectivity index is 1.50. The van der Waals surface area contributed by atoms with E-state index in [1.54, 1.807) is 0 Å². The highest BCUT2D eigenvalue weighted by atomic mass is 16.5. The molecule has 140 valence electrons. The van der Waals surface area contributed by atoms with Gasteiger partial charge >= 0.3 is 0 Å². The topological polar surface area (TPSA) is 24.8 Å². The van der Waals surface area contributed by atoms with E-state index in [4.69, 9.17) is 9.84 Å². The zero-order chi connectivity index (χ0) is 19.2. The predicted molar refractivity (Wildman–Crippen MR) is 116 cm³/mol. The Kier molecular flexibility index (Phi) is 3.66. The van der Waals surface area contributed by atoms with Gasteiger partial charge in [0.25, 0.3) is 0 Å². The predicted octanol–water partition coefficient (Wildman–Crippen LogP) is 6.08. The molecule has 6 rings (SSSR count). The van der Waals surface area contributed by atoms with Gasteiger partial charge in [-0.15, -0.1) is 0 Å². The minimum atomic E-state index is -0.219. The molecule has 2 atom stereocenters. The third kappa shape index (κ3) is 2.62. The lowest BCUT2D eigenvalue weighted by atomic mass is 9.94. The summed E-state index contributed by atoms with van der Waals surface area (Å²) in [5.41, 5.74) is 4.66. The lowest BCUT2D eigenvalue weighted by Gasteiger charge is -2.38. The first-order valence-electron chi connectivity index (χ1n) is 10.0. The number of ether oxygens (including phenoxy) is 1. The summed E-state index contributed by atoms with van der Waals surface area (Å²) in [6.07, 6.45) is 0.654. The summed E-state index contributed by atoms with van der Waals surface area (Å²) in [4.78, 5) is 0. The molecule has 0 amide bonds. The van der Waals surface area contributed by atoms with Crippen molar-refractivity contribution >= 4 is 16.5 Å². The van der Waals surface area contributed by atoms with Crippen LogP contribution in [0, 0.1) is 0 Å². The van der Waals surface area contributed by atoms with E-state index in [-0.39, 0.29) is 12.3 Å². The van der Waals surface area contributed by atoms with Crippen molar-refractivity contribution in [2.75, 3.05) is 0 Å². The first kappa shape index (κ1) is 16.4. The Morgan fingerprint density at radius 2 is 1.52 bits per heavy atom. The standard InChI is InChI=1S/C26H20N2O/c1-2-10-19(11-3-1)26-28-24(22-14-6-7-16-25(22)29-26)17-23(27-28)21-15-8-12-18-9-4-5-13-20(18)21/h1-16,24,26H,17H2/t24-,26-/m1/s1. The summed E-state index contributed by atoms with van der Waals surface area (Å²) in [5.74, 6) is 0.956. The van der Waals surface area contributed by atoms with E-state index in [1.165, 1.54) is 21.9 Å². The molecule has 0 fully saturated rings. The minimum absolute atomic E-state index is 0.180. The number of rotatable bonds is 2. The summed E-state index contributed by atoms with van der Waals surface area (Å²) in [7, 11) is 0. The monoisotopic (exact) mass is 376 g/mol. The van der Waals surface area contributed by atoms with Gasteiger partial charge in [-0.25, -0.2) is 5.01 Å². The third-order valence-electron chi connectivity index (χ3n) is 5.88. The van der Waals surface area contributed by atoms with Crippen LogP contribution in [0.3, 0.4) is 0 Å². The van der Waals surface area contributed by atoms with Crippen LogP contribution in [0.25, 0.3) is 10.8 Å². The quantitative estimate of drug-likeness (QED) is 0.423. The number of nitrogens with zero attached hydrogens (tertiary/aromatic N) is 2. The van der Waals surface area contributed by atoms with Crippen LogP contribution in [0.4, 0.5) is 0 Å². The molecule has 2 aliphatic rings.